The van der Waals surface area contributed by atoms with Gasteiger partial charge in [0, 0.05) is 44.8 Å². The third-order valence-electron chi connectivity index (χ3n) is 5.61. The predicted octanol–water partition coefficient (Wildman–Crippen LogP) is 1.86. The van der Waals surface area contributed by atoms with Crippen LogP contribution in [0, 0.1) is 0 Å². The van der Waals surface area contributed by atoms with E-state index in [0.29, 0.717) is 36.7 Å². The Hall–Kier alpha value is -2.28. The van der Waals surface area contributed by atoms with Gasteiger partial charge in [-0.15, -0.1) is 0 Å². The quantitative estimate of drug-likeness (QED) is 0.769. The van der Waals surface area contributed by atoms with Gasteiger partial charge in [-0.2, -0.15) is 0 Å². The summed E-state index contributed by atoms with van der Waals surface area (Å²) in [6.45, 7) is 4.92. The number of benzene rings is 1. The molecular formula is C21H31N3O4. The summed E-state index contributed by atoms with van der Waals surface area (Å²) in [6.07, 6.45) is 4.67. The lowest BCUT2D eigenvalue weighted by atomic mass is 10.1. The van der Waals surface area contributed by atoms with Crippen LogP contribution in [0.15, 0.2) is 18.2 Å². The van der Waals surface area contributed by atoms with Gasteiger partial charge in [0.1, 0.15) is 0 Å². The number of piperazine rings is 1. The Balaban J connectivity index is 1.52. The molecule has 7 nitrogen and oxygen atoms in total. The third kappa shape index (κ3) is 4.95. The second-order valence-electron chi connectivity index (χ2n) is 7.43. The van der Waals surface area contributed by atoms with E-state index in [4.69, 9.17) is 9.47 Å². The van der Waals surface area contributed by atoms with Gasteiger partial charge >= 0.3 is 0 Å². The largest absolute Gasteiger partial charge is 0.493 e. The molecule has 0 atom stereocenters. The first-order valence-corrected chi connectivity index (χ1v) is 10.1. The van der Waals surface area contributed by atoms with E-state index in [1.54, 1.807) is 32.4 Å². The molecule has 7 heteroatoms. The molecule has 2 heterocycles. The summed E-state index contributed by atoms with van der Waals surface area (Å²) in [5.41, 5.74) is 0.590. The van der Waals surface area contributed by atoms with Crippen molar-refractivity contribution >= 4 is 11.8 Å². The normalized spacial score (nSPS) is 18.5. The lowest BCUT2D eigenvalue weighted by Crippen LogP contribution is -2.51. The van der Waals surface area contributed by atoms with E-state index in [2.05, 4.69) is 4.90 Å². The van der Waals surface area contributed by atoms with Gasteiger partial charge in [-0.3, -0.25) is 14.5 Å². The summed E-state index contributed by atoms with van der Waals surface area (Å²) in [6, 6.07) is 5.23. The Morgan fingerprint density at radius 3 is 2.07 bits per heavy atom. The number of hydrogen-bond acceptors (Lipinski definition) is 5. The number of ether oxygens (including phenoxy) is 2. The number of likely N-dealkylation sites (tertiary alicyclic amines) is 1. The molecule has 2 aliphatic heterocycles. The second kappa shape index (κ2) is 9.78. The van der Waals surface area contributed by atoms with E-state index in [1.165, 1.54) is 12.8 Å². The lowest BCUT2D eigenvalue weighted by Gasteiger charge is -2.35. The minimum Gasteiger partial charge on any atom is -0.493 e. The standard InChI is InChI=1S/C21H31N3O4/c1-27-18-8-7-17(15-19(18)28-2)21(26)24-13-11-22(12-14-24)16-20(25)23-9-5-3-4-6-10-23/h7-8,15H,3-6,9-14,16H2,1-2H3. The van der Waals surface area contributed by atoms with Gasteiger partial charge in [-0.05, 0) is 31.0 Å². The van der Waals surface area contributed by atoms with Gasteiger partial charge in [0.25, 0.3) is 5.91 Å². The topological polar surface area (TPSA) is 62.3 Å². The van der Waals surface area contributed by atoms with Crippen molar-refractivity contribution in [3.8, 4) is 11.5 Å². The lowest BCUT2D eigenvalue weighted by molar-refractivity contribution is -0.132. The summed E-state index contributed by atoms with van der Waals surface area (Å²) in [7, 11) is 3.14. The van der Waals surface area contributed by atoms with Crippen LogP contribution < -0.4 is 9.47 Å². The van der Waals surface area contributed by atoms with Crippen molar-refractivity contribution in [2.75, 3.05) is 60.0 Å². The van der Waals surface area contributed by atoms with Gasteiger partial charge < -0.3 is 19.3 Å². The summed E-state index contributed by atoms with van der Waals surface area (Å²) >= 11 is 0. The molecule has 1 aromatic carbocycles. The fourth-order valence-corrected chi connectivity index (χ4v) is 3.87. The molecule has 3 rings (SSSR count). The van der Waals surface area contributed by atoms with Gasteiger partial charge in [0.2, 0.25) is 5.91 Å². The van der Waals surface area contributed by atoms with Crippen LogP contribution in [0.2, 0.25) is 0 Å². The Kier molecular flexibility index (Phi) is 7.14. The molecule has 2 aliphatic rings. The van der Waals surface area contributed by atoms with E-state index in [1.807, 2.05) is 9.80 Å². The molecule has 0 bridgehead atoms. The van der Waals surface area contributed by atoms with E-state index >= 15 is 0 Å². The average molecular weight is 389 g/mol. The highest BCUT2D eigenvalue weighted by molar-refractivity contribution is 5.95. The molecule has 28 heavy (non-hydrogen) atoms. The molecular weight excluding hydrogens is 358 g/mol. The fourth-order valence-electron chi connectivity index (χ4n) is 3.87. The minimum atomic E-state index is -0.0144. The molecule has 0 radical (unpaired) electrons. The Morgan fingerprint density at radius 2 is 1.46 bits per heavy atom. The predicted molar refractivity (Wildman–Crippen MR) is 107 cm³/mol. The van der Waals surface area contributed by atoms with Crippen LogP contribution >= 0.6 is 0 Å². The highest BCUT2D eigenvalue weighted by Crippen LogP contribution is 2.28. The first-order chi connectivity index (χ1) is 13.6. The summed E-state index contributed by atoms with van der Waals surface area (Å²) in [4.78, 5) is 31.4. The number of nitrogens with zero attached hydrogens (tertiary/aromatic N) is 3. The van der Waals surface area contributed by atoms with Crippen LogP contribution in [0.3, 0.4) is 0 Å². The number of rotatable bonds is 5. The Morgan fingerprint density at radius 1 is 0.821 bits per heavy atom. The zero-order valence-electron chi connectivity index (χ0n) is 17.0. The summed E-state index contributed by atoms with van der Waals surface area (Å²) < 4.78 is 10.5. The summed E-state index contributed by atoms with van der Waals surface area (Å²) in [5, 5.41) is 0. The Labute approximate surface area is 167 Å². The third-order valence-corrected chi connectivity index (χ3v) is 5.61. The number of hydrogen-bond donors (Lipinski definition) is 0. The van der Waals surface area contributed by atoms with Crippen molar-refractivity contribution in [1.29, 1.82) is 0 Å². The van der Waals surface area contributed by atoms with Crippen molar-refractivity contribution in [3.05, 3.63) is 23.8 Å². The fraction of sp³-hybridized carbons (Fsp3) is 0.619. The second-order valence-corrected chi connectivity index (χ2v) is 7.43. The highest BCUT2D eigenvalue weighted by Gasteiger charge is 2.25. The number of amides is 2. The molecule has 0 spiro atoms. The van der Waals surface area contributed by atoms with E-state index in [-0.39, 0.29) is 11.8 Å². The zero-order chi connectivity index (χ0) is 19.9. The van der Waals surface area contributed by atoms with Crippen molar-refractivity contribution in [1.82, 2.24) is 14.7 Å². The molecule has 2 amide bonds. The highest BCUT2D eigenvalue weighted by atomic mass is 16.5. The van der Waals surface area contributed by atoms with Gasteiger partial charge in [-0.1, -0.05) is 12.8 Å². The minimum absolute atomic E-state index is 0.0144. The molecule has 0 unspecified atom stereocenters. The van der Waals surface area contributed by atoms with Crippen LogP contribution in [0.1, 0.15) is 36.0 Å². The molecule has 0 saturated carbocycles. The van der Waals surface area contributed by atoms with Crippen LogP contribution in [0.4, 0.5) is 0 Å². The molecule has 0 aliphatic carbocycles. The average Bonchev–Trinajstić information content (AvgIpc) is 3.03. The zero-order valence-corrected chi connectivity index (χ0v) is 17.0. The van der Waals surface area contributed by atoms with Crippen molar-refractivity contribution < 1.29 is 19.1 Å². The molecule has 0 aromatic heterocycles. The van der Waals surface area contributed by atoms with Crippen molar-refractivity contribution in [3.63, 3.8) is 0 Å². The number of carbonyl (C=O) groups excluding carboxylic acids is 2. The maximum atomic E-state index is 12.8. The molecule has 2 saturated heterocycles. The van der Waals surface area contributed by atoms with E-state index in [0.717, 1.165) is 39.0 Å². The Bertz CT molecular complexity index is 678. The maximum absolute atomic E-state index is 12.8. The van der Waals surface area contributed by atoms with Crippen LogP contribution in [0.5, 0.6) is 11.5 Å². The van der Waals surface area contributed by atoms with E-state index in [9.17, 15) is 9.59 Å². The van der Waals surface area contributed by atoms with Crippen molar-refractivity contribution in [2.45, 2.75) is 25.7 Å². The van der Waals surface area contributed by atoms with Gasteiger partial charge in [-0.25, -0.2) is 0 Å². The first-order valence-electron chi connectivity index (χ1n) is 10.1. The van der Waals surface area contributed by atoms with E-state index < -0.39 is 0 Å². The van der Waals surface area contributed by atoms with Crippen LogP contribution in [-0.4, -0.2) is 86.5 Å². The van der Waals surface area contributed by atoms with Gasteiger partial charge in [0.05, 0.1) is 20.8 Å². The van der Waals surface area contributed by atoms with Crippen LogP contribution in [-0.2, 0) is 4.79 Å². The van der Waals surface area contributed by atoms with Gasteiger partial charge in [0.15, 0.2) is 11.5 Å². The molecule has 2 fully saturated rings. The first kappa shape index (κ1) is 20.5. The van der Waals surface area contributed by atoms with Crippen molar-refractivity contribution in [2.24, 2.45) is 0 Å². The van der Waals surface area contributed by atoms with Crippen LogP contribution in [0.25, 0.3) is 0 Å². The summed E-state index contributed by atoms with van der Waals surface area (Å²) in [5.74, 6) is 1.37. The smallest absolute Gasteiger partial charge is 0.254 e. The molecule has 1 aromatic rings. The maximum Gasteiger partial charge on any atom is 0.254 e. The molecule has 0 N–H and O–H groups in total. The molecule has 154 valence electrons. The SMILES string of the molecule is COc1ccc(C(=O)N2CCN(CC(=O)N3CCCCCC3)CC2)cc1OC. The monoisotopic (exact) mass is 389 g/mol. The number of carbonyl (C=O) groups is 2. The number of methoxy groups -OCH3 is 2.